The number of hydrogen-bond acceptors (Lipinski definition) is 0. The van der Waals surface area contributed by atoms with Gasteiger partial charge in [-0.05, 0) is 0 Å². The smallest absolute Gasteiger partial charge is 0 e. The quantitative estimate of drug-likeness (QED) is 0.538. The van der Waals surface area contributed by atoms with Crippen molar-refractivity contribution in [1.82, 2.24) is 0 Å². The molecule has 1 radical (unpaired) electrons. The van der Waals surface area contributed by atoms with Crippen LogP contribution in [0, 0.1) is 0 Å². The SMILES string of the molecule is [Cl][Ru]([Cl])[Cl].[Li]. The van der Waals surface area contributed by atoms with Crippen LogP contribution in [-0.2, 0) is 13.0 Å². The largest absolute Gasteiger partial charge is 0 e. The average molecular weight is 214 g/mol. The standard InChI is InChI=1S/3ClH.Li.Ru/h3*1H;;/q;;;;+3/p-3. The van der Waals surface area contributed by atoms with Crippen LogP contribution in [0.5, 0.6) is 0 Å². The maximum atomic E-state index is 4.95. The second-order valence-electron chi connectivity index (χ2n) is 0.152. The molecule has 0 bridgehead atoms. The van der Waals surface area contributed by atoms with E-state index in [0.29, 0.717) is 0 Å². The molecule has 0 heterocycles. The van der Waals surface area contributed by atoms with Crippen LogP contribution in [0.2, 0.25) is 0 Å². The third kappa shape index (κ3) is 23.3. The van der Waals surface area contributed by atoms with Crippen LogP contribution in [0.1, 0.15) is 0 Å². The molecule has 0 unspecified atom stereocenters. The molecule has 0 aromatic rings. The predicted octanol–water partition coefficient (Wildman–Crippen LogP) is 1.69. The van der Waals surface area contributed by atoms with Gasteiger partial charge >= 0.3 is 42.1 Å². The Hall–Kier alpha value is 2.09. The summed E-state index contributed by atoms with van der Waals surface area (Å²) in [7, 11) is 14.8. The molecule has 0 aliphatic rings. The van der Waals surface area contributed by atoms with Crippen LogP contribution in [0.25, 0.3) is 0 Å². The molecule has 0 spiro atoms. The predicted molar refractivity (Wildman–Crippen MR) is 23.3 cm³/mol. The van der Waals surface area contributed by atoms with Gasteiger partial charge in [0.25, 0.3) is 0 Å². The van der Waals surface area contributed by atoms with Crippen molar-refractivity contribution in [3.8, 4) is 0 Å². The Balaban J connectivity index is 0. The first-order valence-electron chi connectivity index (χ1n) is 0.401. The normalized spacial score (nSPS) is 9.00. The molecule has 0 amide bonds. The first-order chi connectivity index (χ1) is 1.73. The van der Waals surface area contributed by atoms with Crippen molar-refractivity contribution < 1.29 is 13.0 Å². The van der Waals surface area contributed by atoms with E-state index < -0.39 is 13.0 Å². The second-order valence-corrected chi connectivity index (χ2v) is 8.07. The summed E-state index contributed by atoms with van der Waals surface area (Å²) in [5.74, 6) is 0. The van der Waals surface area contributed by atoms with E-state index in [4.69, 9.17) is 29.1 Å². The third-order valence-corrected chi connectivity index (χ3v) is 0. The summed E-state index contributed by atoms with van der Waals surface area (Å²) in [4.78, 5) is 0. The van der Waals surface area contributed by atoms with E-state index in [2.05, 4.69) is 0 Å². The second kappa shape index (κ2) is 6.09. The van der Waals surface area contributed by atoms with Gasteiger partial charge in [-0.25, -0.2) is 0 Å². The monoisotopic (exact) mass is 214 g/mol. The number of hydrogen-bond donors (Lipinski definition) is 0. The molecule has 5 heavy (non-hydrogen) atoms. The van der Waals surface area contributed by atoms with E-state index in [1.54, 1.807) is 0 Å². The first-order valence-corrected chi connectivity index (χ1v) is 7.12. The van der Waals surface area contributed by atoms with Gasteiger partial charge in [-0.1, -0.05) is 0 Å². The van der Waals surface area contributed by atoms with Crippen molar-refractivity contribution >= 4 is 47.9 Å². The summed E-state index contributed by atoms with van der Waals surface area (Å²) < 4.78 is 0. The van der Waals surface area contributed by atoms with E-state index in [1.165, 1.54) is 0 Å². The van der Waals surface area contributed by atoms with Crippen molar-refractivity contribution in [2.24, 2.45) is 0 Å². The fourth-order valence-electron chi connectivity index (χ4n) is 0. The average Bonchev–Trinajstić information content (AvgIpc) is 0.811. The van der Waals surface area contributed by atoms with Crippen molar-refractivity contribution in [3.05, 3.63) is 0 Å². The van der Waals surface area contributed by atoms with Gasteiger partial charge in [-0.2, -0.15) is 0 Å². The Labute approximate surface area is 60.4 Å². The zero-order valence-electron chi connectivity index (χ0n) is 2.49. The molecule has 0 fully saturated rings. The fraction of sp³-hybridized carbons (Fsp3) is 0. The molecular weight excluding hydrogens is 214 g/mol. The molecule has 0 N–H and O–H groups in total. The minimum absolute atomic E-state index is 0. The summed E-state index contributed by atoms with van der Waals surface area (Å²) in [6.45, 7) is 0. The van der Waals surface area contributed by atoms with E-state index in [1.807, 2.05) is 0 Å². The zero-order chi connectivity index (χ0) is 3.58. The van der Waals surface area contributed by atoms with Gasteiger partial charge in [0.05, 0.1) is 0 Å². The van der Waals surface area contributed by atoms with Gasteiger partial charge in [0.15, 0.2) is 0 Å². The van der Waals surface area contributed by atoms with Gasteiger partial charge in [-0.15, -0.1) is 0 Å². The van der Waals surface area contributed by atoms with E-state index in [9.17, 15) is 0 Å². The molecule has 0 aliphatic heterocycles. The Morgan fingerprint density at radius 2 is 1.00 bits per heavy atom. The Morgan fingerprint density at radius 1 is 1.00 bits per heavy atom. The van der Waals surface area contributed by atoms with Gasteiger partial charge in [0, 0.05) is 18.9 Å². The summed E-state index contributed by atoms with van der Waals surface area (Å²) in [5.41, 5.74) is 0. The molecule has 0 aromatic heterocycles. The van der Waals surface area contributed by atoms with Crippen LogP contribution in [0.4, 0.5) is 0 Å². The molecule has 0 rings (SSSR count). The van der Waals surface area contributed by atoms with E-state index >= 15 is 0 Å². The van der Waals surface area contributed by atoms with Crippen LogP contribution in [0.3, 0.4) is 0 Å². The molecule has 0 atom stereocenters. The summed E-state index contributed by atoms with van der Waals surface area (Å²) in [6.07, 6.45) is 0. The van der Waals surface area contributed by atoms with Crippen molar-refractivity contribution in [3.63, 3.8) is 0 Å². The van der Waals surface area contributed by atoms with Crippen LogP contribution >= 0.6 is 29.1 Å². The first kappa shape index (κ1) is 10.2. The van der Waals surface area contributed by atoms with Crippen LogP contribution < -0.4 is 0 Å². The van der Waals surface area contributed by atoms with Crippen LogP contribution in [0.15, 0.2) is 0 Å². The molecule has 0 saturated carbocycles. The van der Waals surface area contributed by atoms with Crippen molar-refractivity contribution in [2.45, 2.75) is 0 Å². The van der Waals surface area contributed by atoms with E-state index in [0.717, 1.165) is 0 Å². The topological polar surface area (TPSA) is 0 Å². The van der Waals surface area contributed by atoms with E-state index in [-0.39, 0.29) is 18.9 Å². The fourth-order valence-corrected chi connectivity index (χ4v) is 0. The van der Waals surface area contributed by atoms with Crippen molar-refractivity contribution in [2.75, 3.05) is 0 Å². The van der Waals surface area contributed by atoms with Gasteiger partial charge in [0.1, 0.15) is 0 Å². The number of rotatable bonds is 0. The molecule has 0 aliphatic carbocycles. The van der Waals surface area contributed by atoms with Gasteiger partial charge in [0.2, 0.25) is 0 Å². The third-order valence-electron chi connectivity index (χ3n) is 0. The molecule has 5 heteroatoms. The molecule has 0 nitrogen and oxygen atoms in total. The number of halogens is 3. The van der Waals surface area contributed by atoms with Gasteiger partial charge in [-0.3, -0.25) is 0 Å². The minimum Gasteiger partial charge on any atom is 0 e. The van der Waals surface area contributed by atoms with Gasteiger partial charge < -0.3 is 0 Å². The van der Waals surface area contributed by atoms with Crippen molar-refractivity contribution in [1.29, 1.82) is 0 Å². The summed E-state index contributed by atoms with van der Waals surface area (Å²) in [6, 6.07) is 0. The molecule has 30 valence electrons. The maximum Gasteiger partial charge on any atom is 0 e. The molecule has 0 saturated heterocycles. The van der Waals surface area contributed by atoms with Crippen LogP contribution in [-0.4, -0.2) is 18.9 Å². The zero-order valence-corrected chi connectivity index (χ0v) is 6.49. The maximum absolute atomic E-state index is 4.95. The molecular formula is Cl3LiRu. The Kier molecular flexibility index (Phi) is 12.4. The Bertz CT molecular complexity index is 11.6. The Morgan fingerprint density at radius 3 is 1.00 bits per heavy atom. The minimum atomic E-state index is -1.75. The summed E-state index contributed by atoms with van der Waals surface area (Å²) in [5, 5.41) is 0. The molecule has 0 aromatic carbocycles. The summed E-state index contributed by atoms with van der Waals surface area (Å²) >= 11 is -1.75.